The van der Waals surface area contributed by atoms with Gasteiger partial charge in [-0.25, -0.2) is 0 Å². The molecular weight excluding hydrogens is 272 g/mol. The lowest BCUT2D eigenvalue weighted by Crippen LogP contribution is -2.22. The van der Waals surface area contributed by atoms with Crippen LogP contribution in [0.25, 0.3) is 16.7 Å². The van der Waals surface area contributed by atoms with E-state index in [0.29, 0.717) is 19.0 Å². The minimum absolute atomic E-state index is 0.412. The molecule has 1 aliphatic rings. The Labute approximate surface area is 129 Å². The second-order valence-electron chi connectivity index (χ2n) is 5.46. The second kappa shape index (κ2) is 5.94. The summed E-state index contributed by atoms with van der Waals surface area (Å²) >= 11 is 0. The fourth-order valence-corrected chi connectivity index (χ4v) is 2.67. The molecule has 0 saturated heterocycles. The maximum absolute atomic E-state index is 11.1. The molecule has 2 heteroatoms. The first kappa shape index (κ1) is 14.2. The van der Waals surface area contributed by atoms with E-state index in [-0.39, 0.29) is 0 Å². The van der Waals surface area contributed by atoms with Crippen molar-refractivity contribution in [3.63, 3.8) is 0 Å². The van der Waals surface area contributed by atoms with E-state index < -0.39 is 5.41 Å². The first-order valence-electron chi connectivity index (χ1n) is 7.25. The Balaban J connectivity index is 2.02. The van der Waals surface area contributed by atoms with Gasteiger partial charge in [-0.05, 0) is 28.7 Å². The molecule has 3 rings (SSSR count). The van der Waals surface area contributed by atoms with Crippen molar-refractivity contribution in [2.45, 2.75) is 6.42 Å². The van der Waals surface area contributed by atoms with E-state index >= 15 is 0 Å². The smallest absolute Gasteiger partial charge is 0.137 e. The van der Waals surface area contributed by atoms with Gasteiger partial charge in [0.25, 0.3) is 0 Å². The number of allylic oxidation sites excluding steroid dienone is 4. The van der Waals surface area contributed by atoms with Gasteiger partial charge < -0.3 is 9.59 Å². The standard InChI is InChI=1S/C20H16O2/c21-14-20(15-22)12-10-17(11-13-20)19-9-5-4-8-18(19)16-6-2-1-3-7-16/h1-12,14-15H,13H2. The number of hydrogen-bond donors (Lipinski definition) is 0. The third kappa shape index (κ3) is 2.56. The fraction of sp³-hybridized carbons (Fsp3) is 0.100. The van der Waals surface area contributed by atoms with Gasteiger partial charge in [0.05, 0.1) is 0 Å². The molecule has 2 aromatic carbocycles. The lowest BCUT2D eigenvalue weighted by Gasteiger charge is -2.21. The minimum Gasteiger partial charge on any atom is -0.302 e. The molecule has 2 nitrogen and oxygen atoms in total. The van der Waals surface area contributed by atoms with E-state index in [9.17, 15) is 9.59 Å². The van der Waals surface area contributed by atoms with Crippen molar-refractivity contribution in [1.29, 1.82) is 0 Å². The highest BCUT2D eigenvalue weighted by atomic mass is 16.1. The summed E-state index contributed by atoms with van der Waals surface area (Å²) in [4.78, 5) is 22.3. The number of carbonyl (C=O) groups excluding carboxylic acids is 2. The van der Waals surface area contributed by atoms with Crippen LogP contribution in [-0.4, -0.2) is 12.6 Å². The zero-order chi connectivity index (χ0) is 15.4. The summed E-state index contributed by atoms with van der Waals surface area (Å²) in [6.07, 6.45) is 7.37. The maximum Gasteiger partial charge on any atom is 0.137 e. The first-order chi connectivity index (χ1) is 10.8. The third-order valence-corrected chi connectivity index (χ3v) is 4.01. The first-order valence-corrected chi connectivity index (χ1v) is 7.25. The number of carbonyl (C=O) groups is 2. The van der Waals surface area contributed by atoms with Gasteiger partial charge in [-0.2, -0.15) is 0 Å². The summed E-state index contributed by atoms with van der Waals surface area (Å²) in [5, 5.41) is 0. The van der Waals surface area contributed by atoms with E-state index in [0.717, 1.165) is 22.3 Å². The van der Waals surface area contributed by atoms with E-state index in [4.69, 9.17) is 0 Å². The Hall–Kier alpha value is -2.74. The highest BCUT2D eigenvalue weighted by Crippen LogP contribution is 2.34. The molecule has 0 bridgehead atoms. The third-order valence-electron chi connectivity index (χ3n) is 4.01. The molecule has 0 heterocycles. The van der Waals surface area contributed by atoms with E-state index in [1.54, 1.807) is 6.08 Å². The molecule has 0 N–H and O–H groups in total. The molecular formula is C20H16O2. The van der Waals surface area contributed by atoms with Gasteiger partial charge in [0.2, 0.25) is 0 Å². The van der Waals surface area contributed by atoms with Crippen LogP contribution in [0.15, 0.2) is 72.8 Å². The molecule has 0 aliphatic heterocycles. The van der Waals surface area contributed by atoms with Crippen molar-refractivity contribution in [2.75, 3.05) is 0 Å². The molecule has 0 aromatic heterocycles. The van der Waals surface area contributed by atoms with Crippen molar-refractivity contribution in [3.05, 3.63) is 78.4 Å². The van der Waals surface area contributed by atoms with Crippen LogP contribution < -0.4 is 0 Å². The van der Waals surface area contributed by atoms with Gasteiger partial charge in [-0.15, -0.1) is 0 Å². The molecule has 0 amide bonds. The van der Waals surface area contributed by atoms with Gasteiger partial charge in [0, 0.05) is 0 Å². The Morgan fingerprint density at radius 3 is 2.05 bits per heavy atom. The van der Waals surface area contributed by atoms with E-state index in [1.165, 1.54) is 0 Å². The van der Waals surface area contributed by atoms with Crippen LogP contribution in [0, 0.1) is 5.41 Å². The molecule has 0 saturated carbocycles. The van der Waals surface area contributed by atoms with E-state index in [1.807, 2.05) is 42.5 Å². The molecule has 0 spiro atoms. The van der Waals surface area contributed by atoms with Crippen molar-refractivity contribution in [3.8, 4) is 11.1 Å². The zero-order valence-electron chi connectivity index (χ0n) is 12.1. The number of aldehydes is 2. The second-order valence-corrected chi connectivity index (χ2v) is 5.46. The average molecular weight is 288 g/mol. The highest BCUT2D eigenvalue weighted by Gasteiger charge is 2.27. The summed E-state index contributed by atoms with van der Waals surface area (Å²) in [5.41, 5.74) is 3.44. The maximum atomic E-state index is 11.1. The zero-order valence-corrected chi connectivity index (χ0v) is 12.1. The molecule has 0 radical (unpaired) electrons. The molecule has 0 atom stereocenters. The Morgan fingerprint density at radius 1 is 0.818 bits per heavy atom. The molecule has 0 fully saturated rings. The molecule has 22 heavy (non-hydrogen) atoms. The van der Waals surface area contributed by atoms with Crippen molar-refractivity contribution < 1.29 is 9.59 Å². The largest absolute Gasteiger partial charge is 0.302 e. The Bertz CT molecular complexity index is 746. The number of benzene rings is 2. The van der Waals surface area contributed by atoms with E-state index in [2.05, 4.69) is 24.3 Å². The van der Waals surface area contributed by atoms with Gasteiger partial charge in [-0.1, -0.05) is 72.8 Å². The van der Waals surface area contributed by atoms with Crippen molar-refractivity contribution >= 4 is 18.1 Å². The summed E-state index contributed by atoms with van der Waals surface area (Å²) in [5.74, 6) is 0. The minimum atomic E-state index is -0.995. The molecule has 0 unspecified atom stereocenters. The Kier molecular flexibility index (Phi) is 3.84. The number of rotatable bonds is 4. The summed E-state index contributed by atoms with van der Waals surface area (Å²) in [7, 11) is 0. The van der Waals surface area contributed by atoms with Crippen LogP contribution in [0.4, 0.5) is 0 Å². The van der Waals surface area contributed by atoms with Gasteiger partial charge in [-0.3, -0.25) is 0 Å². The fourth-order valence-electron chi connectivity index (χ4n) is 2.67. The van der Waals surface area contributed by atoms with Crippen LogP contribution in [0.2, 0.25) is 0 Å². The summed E-state index contributed by atoms with van der Waals surface area (Å²) in [6, 6.07) is 18.3. The van der Waals surface area contributed by atoms with Crippen molar-refractivity contribution in [2.24, 2.45) is 5.41 Å². The highest BCUT2D eigenvalue weighted by molar-refractivity contribution is 5.92. The molecule has 108 valence electrons. The Morgan fingerprint density at radius 2 is 1.45 bits per heavy atom. The normalized spacial score (nSPS) is 15.9. The van der Waals surface area contributed by atoms with Crippen LogP contribution in [0.1, 0.15) is 12.0 Å². The number of hydrogen-bond acceptors (Lipinski definition) is 2. The molecule has 2 aromatic rings. The van der Waals surface area contributed by atoms with Gasteiger partial charge in [0.15, 0.2) is 0 Å². The van der Waals surface area contributed by atoms with Gasteiger partial charge in [0.1, 0.15) is 18.0 Å². The predicted octanol–water partition coefficient (Wildman–Crippen LogP) is 4.08. The summed E-state index contributed by atoms with van der Waals surface area (Å²) in [6.45, 7) is 0. The molecule has 1 aliphatic carbocycles. The lowest BCUT2D eigenvalue weighted by atomic mass is 9.80. The quantitative estimate of drug-likeness (QED) is 0.627. The van der Waals surface area contributed by atoms with Crippen LogP contribution in [0.5, 0.6) is 0 Å². The summed E-state index contributed by atoms with van der Waals surface area (Å²) < 4.78 is 0. The predicted molar refractivity (Wildman–Crippen MR) is 88.2 cm³/mol. The van der Waals surface area contributed by atoms with Crippen molar-refractivity contribution in [1.82, 2.24) is 0 Å². The van der Waals surface area contributed by atoms with Gasteiger partial charge >= 0.3 is 0 Å². The van der Waals surface area contributed by atoms with Crippen LogP contribution in [-0.2, 0) is 9.59 Å². The SMILES string of the molecule is O=CC1(C=O)C=CC(c2ccccc2-c2ccccc2)=CC1. The van der Waals surface area contributed by atoms with Crippen LogP contribution >= 0.6 is 0 Å². The lowest BCUT2D eigenvalue weighted by molar-refractivity contribution is -0.123. The average Bonchev–Trinajstić information content (AvgIpc) is 2.62. The van der Waals surface area contributed by atoms with Crippen LogP contribution in [0.3, 0.4) is 0 Å². The monoisotopic (exact) mass is 288 g/mol. The topological polar surface area (TPSA) is 34.1 Å².